The first kappa shape index (κ1) is 13.9. The quantitative estimate of drug-likeness (QED) is 0.536. The lowest BCUT2D eigenvalue weighted by molar-refractivity contribution is 0.435. The van der Waals surface area contributed by atoms with Crippen LogP contribution in [-0.4, -0.2) is 5.75 Å². The molecule has 0 aliphatic heterocycles. The number of hydrogen-bond acceptors (Lipinski definition) is 1. The maximum atomic E-state index is 3.42. The van der Waals surface area contributed by atoms with Crippen molar-refractivity contribution in [3.63, 3.8) is 0 Å². The lowest BCUT2D eigenvalue weighted by Gasteiger charge is -2.23. The van der Waals surface area contributed by atoms with Crippen LogP contribution in [0.2, 0.25) is 0 Å². The van der Waals surface area contributed by atoms with Crippen molar-refractivity contribution in [1.82, 2.24) is 0 Å². The Kier molecular flexibility index (Phi) is 7.23. The average Bonchev–Trinajstić information content (AvgIpc) is 2.15. The van der Waals surface area contributed by atoms with Crippen LogP contribution in [0.5, 0.6) is 0 Å². The predicted molar refractivity (Wildman–Crippen MR) is 73.7 cm³/mol. The second-order valence-corrected chi connectivity index (χ2v) is 6.12. The SMILES string of the molecule is C=C=C=C=C=C(C)C(C)(C)CCSI. The van der Waals surface area contributed by atoms with E-state index in [1.807, 2.05) is 8.93 Å². The van der Waals surface area contributed by atoms with Crippen molar-refractivity contribution in [3.8, 4) is 0 Å². The van der Waals surface area contributed by atoms with Crippen molar-refractivity contribution in [2.24, 2.45) is 5.41 Å². The zero-order chi connectivity index (χ0) is 11.0. The first-order valence-corrected chi connectivity index (χ1v) is 7.93. The first-order valence-electron chi connectivity index (χ1n) is 4.40. The van der Waals surface area contributed by atoms with Crippen LogP contribution >= 0.6 is 30.1 Å². The molecule has 0 radical (unpaired) electrons. The number of hydrogen-bond donors (Lipinski definition) is 0. The van der Waals surface area contributed by atoms with E-state index in [1.54, 1.807) is 0 Å². The van der Waals surface area contributed by atoms with Gasteiger partial charge < -0.3 is 0 Å². The minimum absolute atomic E-state index is 0.189. The number of rotatable bonds is 4. The molecule has 0 amide bonds. The summed E-state index contributed by atoms with van der Waals surface area (Å²) in [6.07, 6.45) is 1.15. The van der Waals surface area contributed by atoms with E-state index in [0.29, 0.717) is 0 Å². The fourth-order valence-electron chi connectivity index (χ4n) is 0.820. The van der Waals surface area contributed by atoms with Gasteiger partial charge in [0, 0.05) is 5.75 Å². The van der Waals surface area contributed by atoms with Crippen LogP contribution in [-0.2, 0) is 0 Å². The topological polar surface area (TPSA) is 0 Å². The van der Waals surface area contributed by atoms with Crippen molar-refractivity contribution in [1.29, 1.82) is 0 Å². The monoisotopic (exact) mass is 318 g/mol. The van der Waals surface area contributed by atoms with E-state index in [0.717, 1.165) is 12.2 Å². The van der Waals surface area contributed by atoms with Gasteiger partial charge in [0.15, 0.2) is 0 Å². The molecule has 0 aromatic rings. The molecule has 76 valence electrons. The highest BCUT2D eigenvalue weighted by atomic mass is 127. The van der Waals surface area contributed by atoms with E-state index < -0.39 is 0 Å². The smallest absolute Gasteiger partial charge is 0.00418 e. The summed E-state index contributed by atoms with van der Waals surface area (Å²) in [5.41, 5.74) is 12.4. The van der Waals surface area contributed by atoms with E-state index >= 15 is 0 Å². The molecule has 0 saturated heterocycles. The predicted octanol–water partition coefficient (Wildman–Crippen LogP) is 4.68. The van der Waals surface area contributed by atoms with E-state index in [-0.39, 0.29) is 5.41 Å². The Hall–Kier alpha value is -0.0600. The standard InChI is InChI=1S/C12H15IS/c1-5-6-7-8-11(2)12(3,4)9-10-14-13/h1,9-10H2,2-4H3. The molecule has 0 rings (SSSR count). The highest BCUT2D eigenvalue weighted by molar-refractivity contribution is 14.2. The van der Waals surface area contributed by atoms with Crippen molar-refractivity contribution < 1.29 is 0 Å². The molecule has 14 heavy (non-hydrogen) atoms. The molecule has 0 heterocycles. The normalized spacial score (nSPS) is 9.43. The molecule has 0 aliphatic rings. The molecule has 0 spiro atoms. The molecule has 0 aromatic heterocycles. The van der Waals surface area contributed by atoms with Gasteiger partial charge in [0.1, 0.15) is 0 Å². The fraction of sp³-hybridized carbons (Fsp3) is 0.500. The minimum Gasteiger partial charge on any atom is -0.0894 e. The summed E-state index contributed by atoms with van der Waals surface area (Å²) in [7, 11) is 1.84. The Morgan fingerprint density at radius 3 is 2.57 bits per heavy atom. The summed E-state index contributed by atoms with van der Waals surface area (Å²) in [5, 5.41) is 0. The van der Waals surface area contributed by atoms with Crippen LogP contribution < -0.4 is 0 Å². The second kappa shape index (κ2) is 7.26. The molecule has 0 aromatic carbocycles. The van der Waals surface area contributed by atoms with Crippen LogP contribution in [0.25, 0.3) is 0 Å². The van der Waals surface area contributed by atoms with Crippen LogP contribution in [0.3, 0.4) is 0 Å². The minimum atomic E-state index is 0.189. The molecule has 0 fully saturated rings. The third-order valence-corrected chi connectivity index (χ3v) is 3.90. The Morgan fingerprint density at radius 2 is 2.07 bits per heavy atom. The van der Waals surface area contributed by atoms with Gasteiger partial charge in [-0.2, -0.15) is 0 Å². The van der Waals surface area contributed by atoms with Crippen LogP contribution in [0.1, 0.15) is 27.2 Å². The zero-order valence-electron chi connectivity index (χ0n) is 8.91. The molecule has 0 atom stereocenters. The van der Waals surface area contributed by atoms with Gasteiger partial charge in [0.2, 0.25) is 0 Å². The molecule has 0 nitrogen and oxygen atoms in total. The Balaban J connectivity index is 4.82. The van der Waals surface area contributed by atoms with E-state index in [4.69, 9.17) is 0 Å². The summed E-state index contributed by atoms with van der Waals surface area (Å²) in [4.78, 5) is 0. The van der Waals surface area contributed by atoms with Crippen LogP contribution in [0.4, 0.5) is 0 Å². The van der Waals surface area contributed by atoms with Gasteiger partial charge in [-0.25, -0.2) is 0 Å². The molecule has 0 unspecified atom stereocenters. The third-order valence-electron chi connectivity index (χ3n) is 2.22. The molecule has 0 N–H and O–H groups in total. The molecule has 0 saturated carbocycles. The number of halogens is 1. The van der Waals surface area contributed by atoms with Gasteiger partial charge in [-0.1, -0.05) is 34.2 Å². The number of allylic oxidation sites excluding steroid dienone is 1. The summed E-state index contributed by atoms with van der Waals surface area (Å²) < 4.78 is 0. The van der Waals surface area contributed by atoms with Gasteiger partial charge in [0.05, 0.1) is 0 Å². The highest BCUT2D eigenvalue weighted by Gasteiger charge is 2.19. The lowest BCUT2D eigenvalue weighted by atomic mass is 9.83. The summed E-state index contributed by atoms with van der Waals surface area (Å²) in [6.45, 7) is 9.94. The van der Waals surface area contributed by atoms with Crippen molar-refractivity contribution in [2.45, 2.75) is 27.2 Å². The van der Waals surface area contributed by atoms with Gasteiger partial charge in [-0.3, -0.25) is 0 Å². The molecule has 2 heteroatoms. The van der Waals surface area contributed by atoms with Gasteiger partial charge >= 0.3 is 0 Å². The second-order valence-electron chi connectivity index (χ2n) is 3.62. The van der Waals surface area contributed by atoms with Gasteiger partial charge in [-0.05, 0) is 63.6 Å². The Bertz CT molecular complexity index is 329. The summed E-state index contributed by atoms with van der Waals surface area (Å²) in [5.74, 6) is 1.16. The van der Waals surface area contributed by atoms with E-state index in [2.05, 4.69) is 71.5 Å². The lowest BCUT2D eigenvalue weighted by Crippen LogP contribution is -2.13. The van der Waals surface area contributed by atoms with Crippen molar-refractivity contribution in [3.05, 3.63) is 35.1 Å². The Morgan fingerprint density at radius 1 is 1.43 bits per heavy atom. The third kappa shape index (κ3) is 5.62. The maximum absolute atomic E-state index is 3.42. The van der Waals surface area contributed by atoms with Crippen molar-refractivity contribution in [2.75, 3.05) is 5.75 Å². The molecule has 0 aliphatic carbocycles. The largest absolute Gasteiger partial charge is 0.0894 e. The van der Waals surface area contributed by atoms with Crippen LogP contribution in [0, 0.1) is 5.41 Å². The average molecular weight is 318 g/mol. The Labute approximate surface area is 103 Å². The molecular weight excluding hydrogens is 303 g/mol. The van der Waals surface area contributed by atoms with E-state index in [1.165, 1.54) is 5.57 Å². The van der Waals surface area contributed by atoms with Gasteiger partial charge in [-0.15, -0.1) is 0 Å². The maximum Gasteiger partial charge on any atom is 0.00418 e. The van der Waals surface area contributed by atoms with Gasteiger partial charge in [0.25, 0.3) is 0 Å². The van der Waals surface area contributed by atoms with E-state index in [9.17, 15) is 0 Å². The highest BCUT2D eigenvalue weighted by Crippen LogP contribution is 2.31. The summed E-state index contributed by atoms with van der Waals surface area (Å²) in [6, 6.07) is 0. The first-order chi connectivity index (χ1) is 6.54. The molecule has 0 bridgehead atoms. The van der Waals surface area contributed by atoms with Crippen LogP contribution in [0.15, 0.2) is 35.1 Å². The summed E-state index contributed by atoms with van der Waals surface area (Å²) >= 11 is 2.33. The molecular formula is C12H15IS. The fourth-order valence-corrected chi connectivity index (χ4v) is 2.07. The van der Waals surface area contributed by atoms with Crippen molar-refractivity contribution >= 4 is 30.1 Å². The zero-order valence-corrected chi connectivity index (χ0v) is 11.9.